The SMILES string of the molecule is Cc1ccc(NC(=O)C2CCN(c3cncnc3N3CCOCC3)CC2)c(C)c1. The minimum atomic E-state index is 0.0309. The van der Waals surface area contributed by atoms with Crippen LogP contribution in [0.1, 0.15) is 24.0 Å². The van der Waals surface area contributed by atoms with E-state index < -0.39 is 0 Å². The number of amides is 1. The summed E-state index contributed by atoms with van der Waals surface area (Å²) in [6, 6.07) is 6.13. The van der Waals surface area contributed by atoms with Gasteiger partial charge in [-0.3, -0.25) is 4.79 Å². The molecule has 2 fully saturated rings. The lowest BCUT2D eigenvalue weighted by Gasteiger charge is -2.36. The lowest BCUT2D eigenvalue weighted by atomic mass is 9.95. The van der Waals surface area contributed by atoms with E-state index in [1.54, 1.807) is 6.33 Å². The number of carbonyl (C=O) groups excluding carboxylic acids is 1. The zero-order chi connectivity index (χ0) is 20.2. The number of nitrogens with zero attached hydrogens (tertiary/aromatic N) is 4. The molecule has 2 saturated heterocycles. The molecule has 2 aliphatic rings. The van der Waals surface area contributed by atoms with Crippen LogP contribution >= 0.6 is 0 Å². The molecule has 1 N–H and O–H groups in total. The third-order valence-electron chi connectivity index (χ3n) is 5.83. The number of ether oxygens (including phenoxy) is 1. The first-order chi connectivity index (χ1) is 14.1. The third kappa shape index (κ3) is 4.50. The third-order valence-corrected chi connectivity index (χ3v) is 5.83. The summed E-state index contributed by atoms with van der Waals surface area (Å²) in [5.41, 5.74) is 4.28. The van der Waals surface area contributed by atoms with E-state index >= 15 is 0 Å². The number of piperidine rings is 1. The van der Waals surface area contributed by atoms with Gasteiger partial charge in [-0.2, -0.15) is 0 Å². The number of benzene rings is 1. The van der Waals surface area contributed by atoms with E-state index in [-0.39, 0.29) is 11.8 Å². The predicted molar refractivity (Wildman–Crippen MR) is 115 cm³/mol. The maximum Gasteiger partial charge on any atom is 0.227 e. The van der Waals surface area contributed by atoms with Crippen LogP contribution in [-0.4, -0.2) is 55.3 Å². The van der Waals surface area contributed by atoms with Crippen molar-refractivity contribution in [3.05, 3.63) is 41.9 Å². The summed E-state index contributed by atoms with van der Waals surface area (Å²) in [5.74, 6) is 1.12. The number of hydrogen-bond acceptors (Lipinski definition) is 6. The molecule has 1 amide bonds. The summed E-state index contributed by atoms with van der Waals surface area (Å²) in [7, 11) is 0. The van der Waals surface area contributed by atoms with Crippen LogP contribution in [0, 0.1) is 19.8 Å². The summed E-state index contributed by atoms with van der Waals surface area (Å²) in [5, 5.41) is 3.12. The number of rotatable bonds is 4. The summed E-state index contributed by atoms with van der Waals surface area (Å²) >= 11 is 0. The Morgan fingerprint density at radius 2 is 1.86 bits per heavy atom. The van der Waals surface area contributed by atoms with Gasteiger partial charge in [-0.1, -0.05) is 17.7 Å². The van der Waals surface area contributed by atoms with Gasteiger partial charge in [0.1, 0.15) is 6.33 Å². The molecule has 3 heterocycles. The number of aryl methyl sites for hydroxylation is 2. The van der Waals surface area contributed by atoms with E-state index in [4.69, 9.17) is 4.74 Å². The number of anilines is 3. The highest BCUT2D eigenvalue weighted by Gasteiger charge is 2.28. The van der Waals surface area contributed by atoms with Crippen molar-refractivity contribution < 1.29 is 9.53 Å². The topological polar surface area (TPSA) is 70.6 Å². The molecule has 154 valence electrons. The monoisotopic (exact) mass is 395 g/mol. The zero-order valence-corrected chi connectivity index (χ0v) is 17.2. The lowest BCUT2D eigenvalue weighted by molar-refractivity contribution is -0.120. The standard InChI is InChI=1S/C22H29N5O2/c1-16-3-4-19(17(2)13-16)25-22(28)18-5-7-26(8-6-18)20-14-23-15-24-21(20)27-9-11-29-12-10-27/h3-4,13-15,18H,5-12H2,1-2H3,(H,25,28). The number of carbonyl (C=O) groups is 1. The van der Waals surface area contributed by atoms with E-state index in [0.29, 0.717) is 0 Å². The van der Waals surface area contributed by atoms with Crippen molar-refractivity contribution in [2.45, 2.75) is 26.7 Å². The second-order valence-electron chi connectivity index (χ2n) is 7.90. The van der Waals surface area contributed by atoms with E-state index in [9.17, 15) is 4.79 Å². The normalized spacial score (nSPS) is 18.0. The zero-order valence-electron chi connectivity index (χ0n) is 17.2. The molecule has 4 rings (SSSR count). The Labute approximate surface area is 172 Å². The second kappa shape index (κ2) is 8.78. The Morgan fingerprint density at radius 3 is 2.59 bits per heavy atom. The van der Waals surface area contributed by atoms with Crippen LogP contribution in [0.4, 0.5) is 17.2 Å². The highest BCUT2D eigenvalue weighted by Crippen LogP contribution is 2.31. The first kappa shape index (κ1) is 19.6. The van der Waals surface area contributed by atoms with Crippen molar-refractivity contribution in [1.82, 2.24) is 9.97 Å². The molecular formula is C22H29N5O2. The molecule has 7 nitrogen and oxygen atoms in total. The van der Waals surface area contributed by atoms with Crippen LogP contribution < -0.4 is 15.1 Å². The molecule has 0 aliphatic carbocycles. The smallest absolute Gasteiger partial charge is 0.227 e. The molecular weight excluding hydrogens is 366 g/mol. The molecule has 0 radical (unpaired) electrons. The number of morpholine rings is 1. The van der Waals surface area contributed by atoms with Gasteiger partial charge < -0.3 is 19.9 Å². The minimum absolute atomic E-state index is 0.0309. The van der Waals surface area contributed by atoms with Crippen molar-refractivity contribution in [3.63, 3.8) is 0 Å². The lowest BCUT2D eigenvalue weighted by Crippen LogP contribution is -2.41. The molecule has 2 aromatic rings. The van der Waals surface area contributed by atoms with Crippen molar-refractivity contribution in [2.24, 2.45) is 5.92 Å². The number of nitrogens with one attached hydrogen (secondary N) is 1. The van der Waals surface area contributed by atoms with E-state index in [1.807, 2.05) is 25.3 Å². The molecule has 7 heteroatoms. The Kier molecular flexibility index (Phi) is 5.94. The number of aromatic nitrogens is 2. The second-order valence-corrected chi connectivity index (χ2v) is 7.90. The number of hydrogen-bond donors (Lipinski definition) is 1. The van der Waals surface area contributed by atoms with Gasteiger partial charge in [-0.05, 0) is 38.3 Å². The first-order valence-corrected chi connectivity index (χ1v) is 10.4. The fourth-order valence-corrected chi connectivity index (χ4v) is 4.13. The maximum atomic E-state index is 12.8. The average Bonchev–Trinajstić information content (AvgIpc) is 2.76. The van der Waals surface area contributed by atoms with E-state index in [1.165, 1.54) is 5.56 Å². The minimum Gasteiger partial charge on any atom is -0.378 e. The van der Waals surface area contributed by atoms with Crippen LogP contribution in [0.3, 0.4) is 0 Å². The van der Waals surface area contributed by atoms with Crippen LogP contribution in [0.15, 0.2) is 30.7 Å². The molecule has 29 heavy (non-hydrogen) atoms. The van der Waals surface area contributed by atoms with Gasteiger partial charge in [0.05, 0.1) is 25.1 Å². The van der Waals surface area contributed by atoms with Crippen LogP contribution in [0.25, 0.3) is 0 Å². The molecule has 1 aromatic heterocycles. The van der Waals surface area contributed by atoms with Crippen molar-refractivity contribution in [2.75, 3.05) is 54.5 Å². The highest BCUT2D eigenvalue weighted by atomic mass is 16.5. The van der Waals surface area contributed by atoms with Crippen molar-refractivity contribution in [1.29, 1.82) is 0 Å². The first-order valence-electron chi connectivity index (χ1n) is 10.4. The van der Waals surface area contributed by atoms with Gasteiger partial charge in [0.2, 0.25) is 5.91 Å². The van der Waals surface area contributed by atoms with E-state index in [0.717, 1.165) is 75.0 Å². The largest absolute Gasteiger partial charge is 0.378 e. The highest BCUT2D eigenvalue weighted by molar-refractivity contribution is 5.93. The summed E-state index contributed by atoms with van der Waals surface area (Å²) < 4.78 is 5.47. The predicted octanol–water partition coefficient (Wildman–Crippen LogP) is 2.79. The molecule has 0 atom stereocenters. The van der Waals surface area contributed by atoms with Gasteiger partial charge in [0.25, 0.3) is 0 Å². The maximum absolute atomic E-state index is 12.8. The Morgan fingerprint density at radius 1 is 1.10 bits per heavy atom. The molecule has 0 spiro atoms. The fourth-order valence-electron chi connectivity index (χ4n) is 4.13. The Bertz CT molecular complexity index is 858. The summed E-state index contributed by atoms with van der Waals surface area (Å²) in [4.78, 5) is 26.2. The molecule has 0 unspecified atom stereocenters. The van der Waals surface area contributed by atoms with Gasteiger partial charge in [0.15, 0.2) is 5.82 Å². The molecule has 0 bridgehead atoms. The van der Waals surface area contributed by atoms with Crippen molar-refractivity contribution >= 4 is 23.1 Å². The van der Waals surface area contributed by atoms with Crippen LogP contribution in [0.2, 0.25) is 0 Å². The van der Waals surface area contributed by atoms with Crippen molar-refractivity contribution in [3.8, 4) is 0 Å². The molecule has 2 aliphatic heterocycles. The van der Waals surface area contributed by atoms with Gasteiger partial charge in [0, 0.05) is 37.8 Å². The summed E-state index contributed by atoms with van der Waals surface area (Å²) in [6.45, 7) is 8.90. The van der Waals surface area contributed by atoms with Crippen LogP contribution in [0.5, 0.6) is 0 Å². The average molecular weight is 396 g/mol. The molecule has 1 aromatic carbocycles. The fraction of sp³-hybridized carbons (Fsp3) is 0.500. The Hall–Kier alpha value is -2.67. The van der Waals surface area contributed by atoms with Gasteiger partial charge in [-0.15, -0.1) is 0 Å². The van der Waals surface area contributed by atoms with Gasteiger partial charge in [-0.25, -0.2) is 9.97 Å². The quantitative estimate of drug-likeness (QED) is 0.858. The van der Waals surface area contributed by atoms with Gasteiger partial charge >= 0.3 is 0 Å². The Balaban J connectivity index is 1.39. The van der Waals surface area contributed by atoms with E-state index in [2.05, 4.69) is 38.1 Å². The molecule has 0 saturated carbocycles. The van der Waals surface area contributed by atoms with Crippen LogP contribution in [-0.2, 0) is 9.53 Å². The summed E-state index contributed by atoms with van der Waals surface area (Å²) in [6.07, 6.45) is 5.16.